The lowest BCUT2D eigenvalue weighted by atomic mass is 9.85. The summed E-state index contributed by atoms with van der Waals surface area (Å²) in [5, 5.41) is 4.05. The van der Waals surface area contributed by atoms with Crippen molar-refractivity contribution in [2.24, 2.45) is 5.92 Å². The molecule has 0 unspecified atom stereocenters. The van der Waals surface area contributed by atoms with Crippen LogP contribution in [0.4, 0.5) is 4.39 Å². The zero-order valence-corrected chi connectivity index (χ0v) is 12.9. The highest BCUT2D eigenvalue weighted by molar-refractivity contribution is 6.31. The van der Waals surface area contributed by atoms with Crippen molar-refractivity contribution in [3.05, 3.63) is 34.6 Å². The molecule has 1 atom stereocenters. The number of nitrogens with zero attached hydrogens (tertiary/aromatic N) is 1. The molecule has 2 aliphatic heterocycles. The van der Waals surface area contributed by atoms with E-state index < -0.39 is 0 Å². The lowest BCUT2D eigenvalue weighted by molar-refractivity contribution is 0.0212. The van der Waals surface area contributed by atoms with Crippen LogP contribution in [0.1, 0.15) is 24.4 Å². The van der Waals surface area contributed by atoms with Crippen LogP contribution in [0.3, 0.4) is 0 Å². The van der Waals surface area contributed by atoms with Gasteiger partial charge in [-0.1, -0.05) is 11.6 Å². The Morgan fingerprint density at radius 2 is 1.95 bits per heavy atom. The van der Waals surface area contributed by atoms with Gasteiger partial charge in [0.05, 0.1) is 0 Å². The van der Waals surface area contributed by atoms with E-state index in [0.717, 1.165) is 57.8 Å². The van der Waals surface area contributed by atoms with Crippen LogP contribution in [-0.2, 0) is 4.74 Å². The van der Waals surface area contributed by atoms with E-state index in [1.165, 1.54) is 6.07 Å². The summed E-state index contributed by atoms with van der Waals surface area (Å²) in [6.45, 7) is 5.50. The van der Waals surface area contributed by atoms with E-state index in [-0.39, 0.29) is 11.9 Å². The van der Waals surface area contributed by atoms with Crippen molar-refractivity contribution < 1.29 is 9.13 Å². The number of ether oxygens (including phenoxy) is 1. The average Bonchev–Trinajstić information content (AvgIpc) is 2.53. The van der Waals surface area contributed by atoms with E-state index in [1.807, 2.05) is 0 Å². The maximum Gasteiger partial charge on any atom is 0.123 e. The molecule has 0 saturated carbocycles. The van der Waals surface area contributed by atoms with Gasteiger partial charge in [0.25, 0.3) is 0 Å². The average molecular weight is 313 g/mol. The molecule has 5 heteroatoms. The van der Waals surface area contributed by atoms with Crippen LogP contribution < -0.4 is 5.32 Å². The molecule has 0 aliphatic carbocycles. The topological polar surface area (TPSA) is 24.5 Å². The molecule has 2 heterocycles. The maximum atomic E-state index is 13.7. The van der Waals surface area contributed by atoms with Crippen LogP contribution in [0.25, 0.3) is 0 Å². The van der Waals surface area contributed by atoms with Crippen molar-refractivity contribution in [2.45, 2.75) is 18.9 Å². The zero-order valence-electron chi connectivity index (χ0n) is 12.2. The molecule has 0 aromatic heterocycles. The third-order valence-corrected chi connectivity index (χ3v) is 4.88. The Labute approximate surface area is 130 Å². The van der Waals surface area contributed by atoms with Crippen LogP contribution >= 0.6 is 11.6 Å². The standard InChI is InChI=1S/C16H22ClFN2O/c17-15-2-1-13(18)11-14(15)16(12-3-9-21-10-4-12)20-7-5-19-6-8-20/h1-2,11-12,16,19H,3-10H2/t16-/m1/s1. The van der Waals surface area contributed by atoms with E-state index in [1.54, 1.807) is 12.1 Å². The molecule has 2 fully saturated rings. The predicted molar refractivity (Wildman–Crippen MR) is 82.1 cm³/mol. The molecule has 1 aromatic carbocycles. The Morgan fingerprint density at radius 1 is 1.24 bits per heavy atom. The molecule has 0 radical (unpaired) electrons. The van der Waals surface area contributed by atoms with Gasteiger partial charge < -0.3 is 10.1 Å². The maximum absolute atomic E-state index is 13.7. The SMILES string of the molecule is Fc1ccc(Cl)c([C@@H](C2CCOCC2)N2CCNCC2)c1. The van der Waals surface area contributed by atoms with Crippen LogP contribution in [0.5, 0.6) is 0 Å². The molecule has 0 amide bonds. The Kier molecular flexibility index (Phi) is 5.11. The van der Waals surface area contributed by atoms with Crippen molar-refractivity contribution in [3.8, 4) is 0 Å². The first kappa shape index (κ1) is 15.2. The molecule has 21 heavy (non-hydrogen) atoms. The van der Waals surface area contributed by atoms with Gasteiger partial charge in [0.15, 0.2) is 0 Å². The van der Waals surface area contributed by atoms with Crippen LogP contribution in [-0.4, -0.2) is 44.3 Å². The number of nitrogens with one attached hydrogen (secondary N) is 1. The monoisotopic (exact) mass is 312 g/mol. The van der Waals surface area contributed by atoms with Crippen molar-refractivity contribution in [3.63, 3.8) is 0 Å². The normalized spacial score (nSPS) is 23.1. The molecular weight excluding hydrogens is 291 g/mol. The van der Waals surface area contributed by atoms with Crippen LogP contribution in [0.2, 0.25) is 5.02 Å². The Morgan fingerprint density at radius 3 is 2.67 bits per heavy atom. The summed E-state index contributed by atoms with van der Waals surface area (Å²) >= 11 is 6.39. The van der Waals surface area contributed by atoms with Gasteiger partial charge in [0.2, 0.25) is 0 Å². The van der Waals surface area contributed by atoms with Gasteiger partial charge in [-0.05, 0) is 42.5 Å². The molecule has 3 nitrogen and oxygen atoms in total. The second-order valence-electron chi connectivity index (χ2n) is 5.85. The minimum Gasteiger partial charge on any atom is -0.381 e. The molecule has 2 aliphatic rings. The fourth-order valence-corrected chi connectivity index (χ4v) is 3.71. The van der Waals surface area contributed by atoms with E-state index in [2.05, 4.69) is 10.2 Å². The molecule has 0 bridgehead atoms. The quantitative estimate of drug-likeness (QED) is 0.929. The summed E-state index contributed by atoms with van der Waals surface area (Å²) in [6.07, 6.45) is 2.03. The number of hydrogen-bond acceptors (Lipinski definition) is 3. The van der Waals surface area contributed by atoms with E-state index in [4.69, 9.17) is 16.3 Å². The first-order valence-corrected chi connectivity index (χ1v) is 8.11. The van der Waals surface area contributed by atoms with Gasteiger partial charge >= 0.3 is 0 Å². The van der Waals surface area contributed by atoms with E-state index in [0.29, 0.717) is 10.9 Å². The minimum absolute atomic E-state index is 0.194. The van der Waals surface area contributed by atoms with Crippen molar-refractivity contribution in [2.75, 3.05) is 39.4 Å². The van der Waals surface area contributed by atoms with E-state index >= 15 is 0 Å². The highest BCUT2D eigenvalue weighted by atomic mass is 35.5. The lowest BCUT2D eigenvalue weighted by Gasteiger charge is -2.41. The van der Waals surface area contributed by atoms with Gasteiger partial charge in [-0.15, -0.1) is 0 Å². The summed E-state index contributed by atoms with van der Waals surface area (Å²) in [5.41, 5.74) is 0.936. The largest absolute Gasteiger partial charge is 0.381 e. The molecular formula is C16H22ClFN2O. The van der Waals surface area contributed by atoms with Crippen LogP contribution in [0.15, 0.2) is 18.2 Å². The molecule has 0 spiro atoms. The summed E-state index contributed by atoms with van der Waals surface area (Å²) in [4.78, 5) is 2.45. The van der Waals surface area contributed by atoms with Crippen molar-refractivity contribution in [1.82, 2.24) is 10.2 Å². The molecule has 3 rings (SSSR count). The number of benzene rings is 1. The molecule has 116 valence electrons. The number of halogens is 2. The minimum atomic E-state index is -0.207. The Bertz CT molecular complexity index is 455. The molecule has 1 N–H and O–H groups in total. The zero-order chi connectivity index (χ0) is 14.7. The Balaban J connectivity index is 1.91. The second kappa shape index (κ2) is 7.05. The van der Waals surface area contributed by atoms with Gasteiger partial charge in [0, 0.05) is 50.5 Å². The summed E-state index contributed by atoms with van der Waals surface area (Å²) in [7, 11) is 0. The number of rotatable bonds is 3. The van der Waals surface area contributed by atoms with Gasteiger partial charge in [-0.2, -0.15) is 0 Å². The number of piperazine rings is 1. The highest BCUT2D eigenvalue weighted by Crippen LogP contribution is 2.38. The van der Waals surface area contributed by atoms with Crippen molar-refractivity contribution in [1.29, 1.82) is 0 Å². The van der Waals surface area contributed by atoms with E-state index in [9.17, 15) is 4.39 Å². The van der Waals surface area contributed by atoms with Crippen LogP contribution in [0, 0.1) is 11.7 Å². The molecule has 1 aromatic rings. The van der Waals surface area contributed by atoms with Gasteiger partial charge in [-0.25, -0.2) is 4.39 Å². The predicted octanol–water partition coefficient (Wildman–Crippen LogP) is 2.85. The highest BCUT2D eigenvalue weighted by Gasteiger charge is 2.32. The summed E-state index contributed by atoms with van der Waals surface area (Å²) < 4.78 is 19.2. The smallest absolute Gasteiger partial charge is 0.123 e. The summed E-state index contributed by atoms with van der Waals surface area (Å²) in [6, 6.07) is 4.93. The Hall–Kier alpha value is -0.680. The van der Waals surface area contributed by atoms with Gasteiger partial charge in [0.1, 0.15) is 5.82 Å². The first-order valence-electron chi connectivity index (χ1n) is 7.73. The van der Waals surface area contributed by atoms with Crippen molar-refractivity contribution >= 4 is 11.6 Å². The fourth-order valence-electron chi connectivity index (χ4n) is 3.48. The first-order chi connectivity index (χ1) is 10.3. The lowest BCUT2D eigenvalue weighted by Crippen LogP contribution is -2.47. The fraction of sp³-hybridized carbons (Fsp3) is 0.625. The second-order valence-corrected chi connectivity index (χ2v) is 6.25. The third kappa shape index (κ3) is 3.57. The summed E-state index contributed by atoms with van der Waals surface area (Å²) in [5.74, 6) is 0.276. The molecule has 2 saturated heterocycles. The van der Waals surface area contributed by atoms with Gasteiger partial charge in [-0.3, -0.25) is 4.90 Å². The number of hydrogen-bond donors (Lipinski definition) is 1. The third-order valence-electron chi connectivity index (χ3n) is 4.53.